The number of anilines is 1. The summed E-state index contributed by atoms with van der Waals surface area (Å²) in [5, 5.41) is 2.39. The molecule has 4 aliphatic heterocycles. The largest absolute Gasteiger partial charge is 0.476 e. The number of piperazine rings is 1. The van der Waals surface area contributed by atoms with Gasteiger partial charge in [0, 0.05) is 30.7 Å². The van der Waals surface area contributed by atoms with Crippen LogP contribution in [-0.4, -0.2) is 81.9 Å². The summed E-state index contributed by atoms with van der Waals surface area (Å²) in [6, 6.07) is 4.08. The SMILES string of the molecule is CC(C)(C)OC(=O)N1C2CCC1CN(c1nc(OCC34CCCN3CCC4)cc3cc(Cl)ncc13)C2. The van der Waals surface area contributed by atoms with Crippen LogP contribution >= 0.6 is 11.6 Å². The maximum Gasteiger partial charge on any atom is 0.410 e. The van der Waals surface area contributed by atoms with Crippen LogP contribution < -0.4 is 9.64 Å². The number of pyridine rings is 2. The first-order valence-corrected chi connectivity index (χ1v) is 13.7. The number of halogens is 1. The highest BCUT2D eigenvalue weighted by Gasteiger charge is 2.46. The van der Waals surface area contributed by atoms with Gasteiger partial charge in [-0.15, -0.1) is 0 Å². The number of nitrogens with zero attached hydrogens (tertiary/aromatic N) is 5. The number of aromatic nitrogens is 2. The highest BCUT2D eigenvalue weighted by atomic mass is 35.5. The Morgan fingerprint density at radius 3 is 2.50 bits per heavy atom. The summed E-state index contributed by atoms with van der Waals surface area (Å²) in [4.78, 5) is 29.2. The van der Waals surface area contributed by atoms with Crippen LogP contribution in [0, 0.1) is 0 Å². The van der Waals surface area contributed by atoms with Gasteiger partial charge in [0.2, 0.25) is 5.88 Å². The van der Waals surface area contributed by atoms with Crippen molar-refractivity contribution in [2.45, 2.75) is 82.5 Å². The van der Waals surface area contributed by atoms with Crippen LogP contribution in [0.15, 0.2) is 18.3 Å². The molecule has 1 amide bonds. The molecule has 4 saturated heterocycles. The average Bonchev–Trinajstić information content (AvgIpc) is 3.46. The van der Waals surface area contributed by atoms with Crippen molar-refractivity contribution in [1.82, 2.24) is 19.8 Å². The molecular weight excluding hydrogens is 478 g/mol. The molecule has 9 heteroatoms. The molecule has 0 N–H and O–H groups in total. The maximum atomic E-state index is 12.9. The number of rotatable bonds is 4. The van der Waals surface area contributed by atoms with E-state index in [1.54, 1.807) is 6.20 Å². The Balaban J connectivity index is 1.27. The molecule has 0 spiro atoms. The molecule has 194 valence electrons. The lowest BCUT2D eigenvalue weighted by Crippen LogP contribution is -2.57. The lowest BCUT2D eigenvalue weighted by atomic mass is 9.95. The van der Waals surface area contributed by atoms with E-state index >= 15 is 0 Å². The van der Waals surface area contributed by atoms with Gasteiger partial charge >= 0.3 is 6.09 Å². The molecule has 2 unspecified atom stereocenters. The Labute approximate surface area is 217 Å². The Morgan fingerprint density at radius 1 is 1.14 bits per heavy atom. The maximum absolute atomic E-state index is 12.9. The molecule has 6 heterocycles. The molecule has 2 aromatic heterocycles. The molecule has 4 fully saturated rings. The van der Waals surface area contributed by atoms with E-state index < -0.39 is 5.60 Å². The van der Waals surface area contributed by atoms with Gasteiger partial charge in [0.15, 0.2) is 0 Å². The first kappa shape index (κ1) is 24.0. The van der Waals surface area contributed by atoms with Gasteiger partial charge in [-0.25, -0.2) is 9.78 Å². The molecule has 2 bridgehead atoms. The molecule has 36 heavy (non-hydrogen) atoms. The summed E-state index contributed by atoms with van der Waals surface area (Å²) < 4.78 is 12.2. The summed E-state index contributed by atoms with van der Waals surface area (Å²) >= 11 is 6.27. The Hall–Kier alpha value is -2.32. The van der Waals surface area contributed by atoms with Gasteiger partial charge in [-0.05, 0) is 83.8 Å². The van der Waals surface area contributed by atoms with E-state index in [0.717, 1.165) is 29.4 Å². The summed E-state index contributed by atoms with van der Waals surface area (Å²) in [6.45, 7) is 10.2. The van der Waals surface area contributed by atoms with E-state index in [1.165, 1.54) is 38.8 Å². The molecular formula is C27H36ClN5O3. The first-order chi connectivity index (χ1) is 17.2. The number of hydrogen-bond donors (Lipinski definition) is 0. The van der Waals surface area contributed by atoms with E-state index in [-0.39, 0.29) is 23.7 Å². The van der Waals surface area contributed by atoms with Crippen molar-refractivity contribution in [2.24, 2.45) is 0 Å². The van der Waals surface area contributed by atoms with Gasteiger partial charge < -0.3 is 14.4 Å². The summed E-state index contributed by atoms with van der Waals surface area (Å²) in [5.41, 5.74) is -0.347. The van der Waals surface area contributed by atoms with Crippen molar-refractivity contribution in [3.05, 3.63) is 23.5 Å². The quantitative estimate of drug-likeness (QED) is 0.539. The van der Waals surface area contributed by atoms with Gasteiger partial charge in [-0.1, -0.05) is 11.6 Å². The Morgan fingerprint density at radius 2 is 1.83 bits per heavy atom. The van der Waals surface area contributed by atoms with Crippen LogP contribution in [0.25, 0.3) is 10.8 Å². The lowest BCUT2D eigenvalue weighted by molar-refractivity contribution is 0.0123. The van der Waals surface area contributed by atoms with E-state index in [4.69, 9.17) is 26.1 Å². The molecule has 0 aliphatic carbocycles. The van der Waals surface area contributed by atoms with Crippen molar-refractivity contribution in [2.75, 3.05) is 37.7 Å². The third-order valence-corrected chi connectivity index (χ3v) is 8.53. The molecule has 4 aliphatic rings. The predicted octanol–water partition coefficient (Wildman–Crippen LogP) is 4.88. The smallest absolute Gasteiger partial charge is 0.410 e. The standard InChI is InChI=1S/C27H36ClN5O3/c1-26(2,3)36-25(34)33-19-6-7-20(33)16-31(15-19)24-21-14-29-22(28)12-18(21)13-23(30-24)35-17-27-8-4-10-32(27)11-5-9-27/h12-14,19-20H,4-11,15-17H2,1-3H3. The van der Waals surface area contributed by atoms with Crippen molar-refractivity contribution in [3.8, 4) is 5.88 Å². The van der Waals surface area contributed by atoms with E-state index in [0.29, 0.717) is 30.7 Å². The number of amides is 1. The summed E-state index contributed by atoms with van der Waals surface area (Å²) in [6.07, 6.45) is 8.40. The lowest BCUT2D eigenvalue weighted by Gasteiger charge is -2.42. The monoisotopic (exact) mass is 513 g/mol. The fourth-order valence-corrected chi connectivity index (χ4v) is 6.92. The minimum absolute atomic E-state index is 0.102. The molecule has 0 radical (unpaired) electrons. The number of hydrogen-bond acceptors (Lipinski definition) is 7. The highest BCUT2D eigenvalue weighted by Crippen LogP contribution is 2.40. The van der Waals surface area contributed by atoms with E-state index in [2.05, 4.69) is 14.8 Å². The second kappa shape index (κ2) is 8.91. The fourth-order valence-electron chi connectivity index (χ4n) is 6.75. The molecule has 0 aromatic carbocycles. The molecule has 2 aromatic rings. The van der Waals surface area contributed by atoms with Crippen LogP contribution in [0.5, 0.6) is 5.88 Å². The second-order valence-electron chi connectivity index (χ2n) is 11.9. The second-order valence-corrected chi connectivity index (χ2v) is 12.3. The van der Waals surface area contributed by atoms with Gasteiger partial charge in [0.25, 0.3) is 0 Å². The van der Waals surface area contributed by atoms with Gasteiger partial charge in [-0.3, -0.25) is 9.80 Å². The number of carbonyl (C=O) groups excluding carboxylic acids is 1. The number of fused-ring (bicyclic) bond motifs is 4. The average molecular weight is 514 g/mol. The van der Waals surface area contributed by atoms with E-state index in [1.807, 2.05) is 37.8 Å². The minimum Gasteiger partial charge on any atom is -0.476 e. The number of carbonyl (C=O) groups is 1. The number of ether oxygens (including phenoxy) is 2. The molecule has 0 saturated carbocycles. The van der Waals surface area contributed by atoms with Crippen LogP contribution in [0.3, 0.4) is 0 Å². The zero-order valence-corrected chi connectivity index (χ0v) is 22.3. The van der Waals surface area contributed by atoms with Crippen molar-refractivity contribution < 1.29 is 14.3 Å². The molecule has 8 nitrogen and oxygen atoms in total. The fraction of sp³-hybridized carbons (Fsp3) is 0.667. The van der Waals surface area contributed by atoms with Crippen molar-refractivity contribution in [1.29, 1.82) is 0 Å². The zero-order valence-electron chi connectivity index (χ0n) is 21.5. The third-order valence-electron chi connectivity index (χ3n) is 8.32. The normalized spacial score (nSPS) is 25.4. The minimum atomic E-state index is -0.504. The van der Waals surface area contributed by atoms with Gasteiger partial charge in [0.1, 0.15) is 23.2 Å². The highest BCUT2D eigenvalue weighted by molar-refractivity contribution is 6.30. The van der Waals surface area contributed by atoms with Gasteiger partial charge in [-0.2, -0.15) is 4.98 Å². The third kappa shape index (κ3) is 4.36. The zero-order chi connectivity index (χ0) is 25.1. The van der Waals surface area contributed by atoms with Crippen molar-refractivity contribution >= 4 is 34.3 Å². The van der Waals surface area contributed by atoms with Crippen LogP contribution in [0.2, 0.25) is 5.15 Å². The molecule has 2 atom stereocenters. The summed E-state index contributed by atoms with van der Waals surface area (Å²) in [7, 11) is 0. The van der Waals surface area contributed by atoms with E-state index in [9.17, 15) is 4.79 Å². The van der Waals surface area contributed by atoms with Crippen LogP contribution in [-0.2, 0) is 4.74 Å². The molecule has 6 rings (SSSR count). The van der Waals surface area contributed by atoms with Crippen LogP contribution in [0.1, 0.15) is 59.3 Å². The van der Waals surface area contributed by atoms with Crippen LogP contribution in [0.4, 0.5) is 10.6 Å². The Bertz CT molecular complexity index is 1140. The predicted molar refractivity (Wildman–Crippen MR) is 140 cm³/mol. The Kier molecular flexibility index (Phi) is 5.95. The first-order valence-electron chi connectivity index (χ1n) is 13.3. The van der Waals surface area contributed by atoms with Crippen molar-refractivity contribution in [3.63, 3.8) is 0 Å². The summed E-state index contributed by atoms with van der Waals surface area (Å²) in [5.74, 6) is 1.49. The topological polar surface area (TPSA) is 71.0 Å². The van der Waals surface area contributed by atoms with Gasteiger partial charge in [0.05, 0.1) is 17.6 Å².